The Balaban J connectivity index is 1.20. The first-order valence-corrected chi connectivity index (χ1v) is 11.5. The van der Waals surface area contributed by atoms with Crippen molar-refractivity contribution in [1.29, 1.82) is 0 Å². The van der Waals surface area contributed by atoms with Crippen LogP contribution >= 0.6 is 0 Å². The van der Waals surface area contributed by atoms with Gasteiger partial charge < -0.3 is 31.2 Å². The van der Waals surface area contributed by atoms with Crippen LogP contribution in [0.3, 0.4) is 0 Å². The first-order chi connectivity index (χ1) is 17.0. The minimum Gasteiger partial charge on any atom is -0.481 e. The Morgan fingerprint density at radius 2 is 2.03 bits per heavy atom. The van der Waals surface area contributed by atoms with Crippen LogP contribution < -0.4 is 21.1 Å². The molecule has 10 nitrogen and oxygen atoms in total. The van der Waals surface area contributed by atoms with Crippen LogP contribution in [-0.4, -0.2) is 50.6 Å². The van der Waals surface area contributed by atoms with Gasteiger partial charge in [0.15, 0.2) is 5.82 Å². The second kappa shape index (κ2) is 9.37. The standard InChI is InChI=1S/C25H27N7O3/c26-22-21-19(29-15-30-21)12-25(22)7-9-32(10-8-25)24-20(14-33)31-17(13-28-24)2-1-11-35-18-5-3-16(4-6-18)23(27)34/h3-6,13,15,22,33H,7-12,14,26H2,(H2,27,34)(H,29,30)/t22-/m1/s1. The molecule has 0 radical (unpaired) electrons. The van der Waals surface area contributed by atoms with E-state index in [2.05, 4.69) is 36.7 Å². The number of amides is 1. The summed E-state index contributed by atoms with van der Waals surface area (Å²) in [5.41, 5.74) is 15.3. The molecule has 35 heavy (non-hydrogen) atoms. The molecule has 1 atom stereocenters. The van der Waals surface area contributed by atoms with Gasteiger partial charge in [-0.1, -0.05) is 5.92 Å². The van der Waals surface area contributed by atoms with E-state index in [1.165, 1.54) is 0 Å². The molecule has 6 N–H and O–H groups in total. The molecule has 1 fully saturated rings. The lowest BCUT2D eigenvalue weighted by molar-refractivity contribution is 0.1000. The Kier molecular flexibility index (Phi) is 6.11. The number of nitrogens with zero attached hydrogens (tertiary/aromatic N) is 4. The topological polar surface area (TPSA) is 156 Å². The predicted octanol–water partition coefficient (Wildman–Crippen LogP) is 1.06. The molecule has 2 aliphatic rings. The van der Waals surface area contributed by atoms with Gasteiger partial charge in [0.25, 0.3) is 0 Å². The number of nitrogens with one attached hydrogen (secondary N) is 1. The molecule has 3 aromatic rings. The number of carbonyl (C=O) groups is 1. The maximum atomic E-state index is 11.1. The van der Waals surface area contributed by atoms with Gasteiger partial charge in [-0.05, 0) is 49.4 Å². The number of hydrogen-bond acceptors (Lipinski definition) is 8. The van der Waals surface area contributed by atoms with Gasteiger partial charge in [-0.3, -0.25) is 4.79 Å². The number of aromatic nitrogens is 4. The van der Waals surface area contributed by atoms with Gasteiger partial charge in [0.1, 0.15) is 23.7 Å². The summed E-state index contributed by atoms with van der Waals surface area (Å²) in [6.45, 7) is 1.48. The van der Waals surface area contributed by atoms with Crippen molar-refractivity contribution in [3.8, 4) is 17.6 Å². The number of primary amides is 1. The average molecular weight is 474 g/mol. The Morgan fingerprint density at radius 3 is 2.71 bits per heavy atom. The van der Waals surface area contributed by atoms with E-state index in [9.17, 15) is 9.90 Å². The molecule has 1 spiro atoms. The molecule has 0 bridgehead atoms. The van der Waals surface area contributed by atoms with Crippen LogP contribution in [0.1, 0.15) is 52.0 Å². The highest BCUT2D eigenvalue weighted by Crippen LogP contribution is 2.50. The van der Waals surface area contributed by atoms with E-state index in [1.54, 1.807) is 36.8 Å². The Labute approximate surface area is 202 Å². The number of piperidine rings is 1. The van der Waals surface area contributed by atoms with Gasteiger partial charge in [0, 0.05) is 29.8 Å². The largest absolute Gasteiger partial charge is 0.481 e. The van der Waals surface area contributed by atoms with E-state index in [0.29, 0.717) is 28.5 Å². The summed E-state index contributed by atoms with van der Waals surface area (Å²) < 4.78 is 5.56. The minimum atomic E-state index is -0.489. The fourth-order valence-electron chi connectivity index (χ4n) is 4.96. The van der Waals surface area contributed by atoms with Crippen LogP contribution in [0.15, 0.2) is 36.8 Å². The molecule has 0 saturated carbocycles. The van der Waals surface area contributed by atoms with Crippen LogP contribution in [0.5, 0.6) is 5.75 Å². The molecule has 1 aliphatic heterocycles. The second-order valence-electron chi connectivity index (χ2n) is 8.93. The molecule has 180 valence electrons. The molecule has 3 heterocycles. The highest BCUT2D eigenvalue weighted by Gasteiger charge is 2.47. The highest BCUT2D eigenvalue weighted by atomic mass is 16.5. The summed E-state index contributed by atoms with van der Waals surface area (Å²) in [5, 5.41) is 9.93. The average Bonchev–Trinajstić information content (AvgIpc) is 3.43. The van der Waals surface area contributed by atoms with Crippen LogP contribution in [0.4, 0.5) is 5.82 Å². The van der Waals surface area contributed by atoms with Crippen LogP contribution in [-0.2, 0) is 13.0 Å². The van der Waals surface area contributed by atoms with E-state index in [0.717, 1.165) is 43.7 Å². The molecule has 1 saturated heterocycles. The summed E-state index contributed by atoms with van der Waals surface area (Å²) in [5.74, 6) is 6.59. The van der Waals surface area contributed by atoms with Crippen LogP contribution in [0.2, 0.25) is 0 Å². The summed E-state index contributed by atoms with van der Waals surface area (Å²) in [7, 11) is 0. The molecule has 1 aromatic carbocycles. The van der Waals surface area contributed by atoms with Crippen LogP contribution in [0.25, 0.3) is 0 Å². The number of H-pyrrole nitrogens is 1. The van der Waals surface area contributed by atoms with Gasteiger partial charge in [-0.15, -0.1) is 0 Å². The third-order valence-electron chi connectivity index (χ3n) is 6.93. The van der Waals surface area contributed by atoms with E-state index in [1.807, 2.05) is 0 Å². The Bertz CT molecular complexity index is 1280. The second-order valence-corrected chi connectivity index (χ2v) is 8.93. The van der Waals surface area contributed by atoms with Crippen molar-refractivity contribution in [3.05, 3.63) is 65.1 Å². The molecule has 1 amide bonds. The summed E-state index contributed by atoms with van der Waals surface area (Å²) in [4.78, 5) is 30.0. The maximum absolute atomic E-state index is 11.1. The number of fused-ring (bicyclic) bond motifs is 1. The normalized spacial score (nSPS) is 18.1. The summed E-state index contributed by atoms with van der Waals surface area (Å²) >= 11 is 0. The van der Waals surface area contributed by atoms with Gasteiger partial charge >= 0.3 is 0 Å². The lowest BCUT2D eigenvalue weighted by Gasteiger charge is -2.42. The third kappa shape index (κ3) is 4.43. The molecule has 0 unspecified atom stereocenters. The number of benzene rings is 1. The predicted molar refractivity (Wildman–Crippen MR) is 128 cm³/mol. The number of aliphatic hydroxyl groups excluding tert-OH is 1. The highest BCUT2D eigenvalue weighted by molar-refractivity contribution is 5.92. The van der Waals surface area contributed by atoms with Gasteiger partial charge in [-0.2, -0.15) is 0 Å². The minimum absolute atomic E-state index is 0.0182. The van der Waals surface area contributed by atoms with Crippen molar-refractivity contribution in [1.82, 2.24) is 19.9 Å². The van der Waals surface area contributed by atoms with E-state index < -0.39 is 5.91 Å². The zero-order chi connectivity index (χ0) is 24.4. The number of ether oxygens (including phenoxy) is 1. The van der Waals surface area contributed by atoms with Crippen molar-refractivity contribution in [2.75, 3.05) is 24.6 Å². The van der Waals surface area contributed by atoms with Gasteiger partial charge in [-0.25, -0.2) is 15.0 Å². The first-order valence-electron chi connectivity index (χ1n) is 11.5. The van der Waals surface area contributed by atoms with Gasteiger partial charge in [0.2, 0.25) is 5.91 Å². The fraction of sp³-hybridized carbons (Fsp3) is 0.360. The number of imidazole rings is 1. The van der Waals surface area contributed by atoms with E-state index in [4.69, 9.17) is 16.2 Å². The Morgan fingerprint density at radius 1 is 1.26 bits per heavy atom. The zero-order valence-electron chi connectivity index (χ0n) is 19.2. The molecule has 1 aliphatic carbocycles. The van der Waals surface area contributed by atoms with Crippen molar-refractivity contribution in [3.63, 3.8) is 0 Å². The smallest absolute Gasteiger partial charge is 0.248 e. The fourth-order valence-corrected chi connectivity index (χ4v) is 4.96. The number of aromatic amines is 1. The van der Waals surface area contributed by atoms with E-state index >= 15 is 0 Å². The number of hydrogen-bond donors (Lipinski definition) is 4. The zero-order valence-corrected chi connectivity index (χ0v) is 19.2. The monoisotopic (exact) mass is 473 g/mol. The number of carbonyl (C=O) groups excluding carboxylic acids is 1. The van der Waals surface area contributed by atoms with Crippen molar-refractivity contribution in [2.24, 2.45) is 16.9 Å². The molecule has 10 heteroatoms. The quantitative estimate of drug-likeness (QED) is 0.401. The number of nitrogens with two attached hydrogens (primary N) is 2. The summed E-state index contributed by atoms with van der Waals surface area (Å²) in [6, 6.07) is 6.46. The number of anilines is 1. The first kappa shape index (κ1) is 22.8. The SMILES string of the molecule is NC(=O)c1ccc(OCC#Cc2cnc(N3CCC4(CC3)Cc3[nH]cnc3[C@H]4N)c(CO)n2)cc1. The lowest BCUT2D eigenvalue weighted by atomic mass is 9.73. The molecular weight excluding hydrogens is 446 g/mol. The van der Waals surface area contributed by atoms with Crippen LogP contribution in [0, 0.1) is 17.3 Å². The third-order valence-corrected chi connectivity index (χ3v) is 6.93. The van der Waals surface area contributed by atoms with Crippen molar-refractivity contribution in [2.45, 2.75) is 31.9 Å². The maximum Gasteiger partial charge on any atom is 0.248 e. The van der Waals surface area contributed by atoms with E-state index in [-0.39, 0.29) is 24.7 Å². The van der Waals surface area contributed by atoms with Crippen molar-refractivity contribution >= 4 is 11.7 Å². The Hall–Kier alpha value is -3.94. The lowest BCUT2D eigenvalue weighted by Crippen LogP contribution is -2.45. The van der Waals surface area contributed by atoms with Crippen molar-refractivity contribution < 1.29 is 14.6 Å². The number of rotatable bonds is 5. The number of aliphatic hydroxyl groups is 1. The van der Waals surface area contributed by atoms with Gasteiger partial charge in [0.05, 0.1) is 30.9 Å². The summed E-state index contributed by atoms with van der Waals surface area (Å²) in [6.07, 6.45) is 6.09. The molecular formula is C25H27N7O3. The molecule has 5 rings (SSSR count). The molecule has 2 aromatic heterocycles.